The monoisotopic (exact) mass is 248 g/mol. The first-order valence-corrected chi connectivity index (χ1v) is 5.67. The molecule has 1 aromatic heterocycles. The van der Waals surface area contributed by atoms with Gasteiger partial charge in [0.25, 0.3) is 0 Å². The molecule has 0 aliphatic carbocycles. The Morgan fingerprint density at radius 1 is 1.67 bits per heavy atom. The standard InChI is InChI=1S/C7H9BrN2OS/c1-5-7(10-12(2)11)3-6(8)4-9-5/h3-4,10H,1-2H3. The number of hydrogen-bond acceptors (Lipinski definition) is 3. The van der Waals surface area contributed by atoms with Crippen molar-refractivity contribution in [2.45, 2.75) is 6.92 Å². The minimum absolute atomic E-state index is 0.796. The Morgan fingerprint density at radius 3 is 2.92 bits per heavy atom. The lowest BCUT2D eigenvalue weighted by atomic mass is 10.3. The van der Waals surface area contributed by atoms with Gasteiger partial charge >= 0.3 is 0 Å². The van der Waals surface area contributed by atoms with Crippen LogP contribution in [0.5, 0.6) is 0 Å². The van der Waals surface area contributed by atoms with Crippen molar-refractivity contribution in [3.05, 3.63) is 22.4 Å². The van der Waals surface area contributed by atoms with Gasteiger partial charge in [-0.25, -0.2) is 4.72 Å². The number of halogens is 1. The van der Waals surface area contributed by atoms with Crippen molar-refractivity contribution in [1.82, 2.24) is 4.98 Å². The molecule has 3 nitrogen and oxygen atoms in total. The minimum atomic E-state index is -1.05. The van der Waals surface area contributed by atoms with Gasteiger partial charge in [-0.1, -0.05) is 0 Å². The molecule has 1 unspecified atom stereocenters. The average molecular weight is 249 g/mol. The topological polar surface area (TPSA) is 48.0 Å². The summed E-state index contributed by atoms with van der Waals surface area (Å²) >= 11 is 2.24. The van der Waals surface area contributed by atoms with Crippen molar-refractivity contribution in [3.8, 4) is 0 Å². The van der Waals surface area contributed by atoms with Crippen molar-refractivity contribution in [2.75, 3.05) is 11.0 Å². The summed E-state index contributed by atoms with van der Waals surface area (Å²) in [4.78, 5) is 4.09. The maximum atomic E-state index is 10.8. The number of hydrogen-bond donors (Lipinski definition) is 1. The van der Waals surface area contributed by atoms with E-state index in [-0.39, 0.29) is 0 Å². The third kappa shape index (κ3) is 2.66. The van der Waals surface area contributed by atoms with Crippen LogP contribution in [0.15, 0.2) is 16.7 Å². The minimum Gasteiger partial charge on any atom is -0.593 e. The quantitative estimate of drug-likeness (QED) is 0.814. The number of aromatic nitrogens is 1. The van der Waals surface area contributed by atoms with Crippen LogP contribution in [0, 0.1) is 6.92 Å². The largest absolute Gasteiger partial charge is 0.593 e. The average Bonchev–Trinajstić information content (AvgIpc) is 1.96. The van der Waals surface area contributed by atoms with E-state index in [4.69, 9.17) is 0 Å². The molecule has 1 N–H and O–H groups in total. The van der Waals surface area contributed by atoms with Gasteiger partial charge in [-0.2, -0.15) is 0 Å². The zero-order valence-corrected chi connectivity index (χ0v) is 9.20. The molecule has 1 atom stereocenters. The molecule has 0 saturated heterocycles. The number of anilines is 1. The van der Waals surface area contributed by atoms with Gasteiger partial charge in [0.2, 0.25) is 0 Å². The molecule has 0 bridgehead atoms. The fourth-order valence-electron chi connectivity index (χ4n) is 0.766. The lowest BCUT2D eigenvalue weighted by molar-refractivity contribution is 0.605. The molecule has 0 aliphatic rings. The highest BCUT2D eigenvalue weighted by atomic mass is 79.9. The maximum absolute atomic E-state index is 10.8. The van der Waals surface area contributed by atoms with E-state index >= 15 is 0 Å². The molecule has 1 heterocycles. The lowest BCUT2D eigenvalue weighted by Crippen LogP contribution is -2.11. The third-order valence-corrected chi connectivity index (χ3v) is 2.25. The first-order chi connectivity index (χ1) is 5.59. The summed E-state index contributed by atoms with van der Waals surface area (Å²) in [6, 6.07) is 1.85. The molecule has 0 fully saturated rings. The zero-order chi connectivity index (χ0) is 9.14. The smallest absolute Gasteiger partial charge is 0.121 e. The highest BCUT2D eigenvalue weighted by molar-refractivity contribution is 9.10. The van der Waals surface area contributed by atoms with Gasteiger partial charge in [0.1, 0.15) is 11.9 Å². The van der Waals surface area contributed by atoms with Crippen molar-refractivity contribution in [2.24, 2.45) is 0 Å². The molecule has 0 saturated carbocycles. The number of pyridine rings is 1. The molecular weight excluding hydrogens is 240 g/mol. The van der Waals surface area contributed by atoms with Crippen LogP contribution in [0.25, 0.3) is 0 Å². The Morgan fingerprint density at radius 2 is 2.33 bits per heavy atom. The summed E-state index contributed by atoms with van der Waals surface area (Å²) < 4.78 is 14.5. The van der Waals surface area contributed by atoms with Crippen molar-refractivity contribution in [1.29, 1.82) is 0 Å². The van der Waals surface area contributed by atoms with E-state index in [9.17, 15) is 4.55 Å². The second-order valence-corrected chi connectivity index (χ2v) is 4.37. The number of aryl methyl sites for hydroxylation is 1. The van der Waals surface area contributed by atoms with Crippen LogP contribution >= 0.6 is 15.9 Å². The number of nitrogens with one attached hydrogen (secondary N) is 1. The Labute approximate surface area is 83.0 Å². The molecule has 1 rings (SSSR count). The molecule has 0 aromatic carbocycles. The van der Waals surface area contributed by atoms with Crippen LogP contribution < -0.4 is 4.72 Å². The van der Waals surface area contributed by atoms with Gasteiger partial charge in [0.15, 0.2) is 0 Å². The van der Waals surface area contributed by atoms with E-state index in [2.05, 4.69) is 25.6 Å². The van der Waals surface area contributed by atoms with Crippen LogP contribution in [-0.4, -0.2) is 15.8 Å². The normalized spacial score (nSPS) is 12.7. The highest BCUT2D eigenvalue weighted by Crippen LogP contribution is 2.18. The lowest BCUT2D eigenvalue weighted by Gasteiger charge is -2.08. The molecule has 0 amide bonds. The molecule has 66 valence electrons. The second-order valence-electron chi connectivity index (χ2n) is 2.34. The predicted octanol–water partition coefficient (Wildman–Crippen LogP) is 1.86. The van der Waals surface area contributed by atoms with Gasteiger partial charge in [0.05, 0.1) is 17.1 Å². The first kappa shape index (κ1) is 9.83. The number of rotatable bonds is 2. The molecule has 5 heteroatoms. The summed E-state index contributed by atoms with van der Waals surface area (Å²) in [6.07, 6.45) is 3.29. The molecule has 0 radical (unpaired) electrons. The highest BCUT2D eigenvalue weighted by Gasteiger charge is 2.04. The summed E-state index contributed by atoms with van der Waals surface area (Å²) in [5, 5.41) is 0. The van der Waals surface area contributed by atoms with E-state index in [1.807, 2.05) is 13.0 Å². The Hall–Kier alpha value is -0.260. The van der Waals surface area contributed by atoms with Crippen LogP contribution in [0.4, 0.5) is 5.69 Å². The SMILES string of the molecule is Cc1ncc(Br)cc1N[S+](C)[O-]. The van der Waals surface area contributed by atoms with E-state index in [1.165, 1.54) is 0 Å². The maximum Gasteiger partial charge on any atom is 0.121 e. The van der Waals surface area contributed by atoms with E-state index in [0.29, 0.717) is 0 Å². The summed E-state index contributed by atoms with van der Waals surface area (Å²) in [6.45, 7) is 1.86. The van der Waals surface area contributed by atoms with Crippen molar-refractivity contribution >= 4 is 33.0 Å². The van der Waals surface area contributed by atoms with Gasteiger partial charge < -0.3 is 4.55 Å². The predicted molar refractivity (Wildman–Crippen MR) is 54.4 cm³/mol. The van der Waals surface area contributed by atoms with Gasteiger partial charge in [-0.05, 0) is 28.9 Å². The van der Waals surface area contributed by atoms with Crippen LogP contribution in [-0.2, 0) is 11.4 Å². The zero-order valence-electron chi connectivity index (χ0n) is 6.80. The van der Waals surface area contributed by atoms with Gasteiger partial charge in [-0.3, -0.25) is 4.98 Å². The van der Waals surface area contributed by atoms with E-state index in [1.54, 1.807) is 12.5 Å². The molecular formula is C7H9BrN2OS. The third-order valence-electron chi connectivity index (χ3n) is 1.31. The van der Waals surface area contributed by atoms with Crippen LogP contribution in [0.2, 0.25) is 0 Å². The molecule has 12 heavy (non-hydrogen) atoms. The van der Waals surface area contributed by atoms with Crippen LogP contribution in [0.1, 0.15) is 5.69 Å². The molecule has 0 spiro atoms. The molecule has 1 aromatic rings. The van der Waals surface area contributed by atoms with Crippen molar-refractivity contribution < 1.29 is 4.55 Å². The Balaban J connectivity index is 2.90. The second kappa shape index (κ2) is 4.11. The van der Waals surface area contributed by atoms with Crippen LogP contribution in [0.3, 0.4) is 0 Å². The fraction of sp³-hybridized carbons (Fsp3) is 0.286. The van der Waals surface area contributed by atoms with Crippen molar-refractivity contribution in [3.63, 3.8) is 0 Å². The summed E-state index contributed by atoms with van der Waals surface area (Å²) in [7, 11) is 0. The van der Waals surface area contributed by atoms with E-state index in [0.717, 1.165) is 15.9 Å². The van der Waals surface area contributed by atoms with Gasteiger partial charge in [-0.15, -0.1) is 0 Å². The first-order valence-electron chi connectivity index (χ1n) is 3.32. The fourth-order valence-corrected chi connectivity index (χ4v) is 1.61. The Kier molecular flexibility index (Phi) is 3.37. The summed E-state index contributed by atoms with van der Waals surface area (Å²) in [5.74, 6) is 0. The number of nitrogens with zero attached hydrogens (tertiary/aromatic N) is 1. The Bertz CT molecular complexity index is 280. The summed E-state index contributed by atoms with van der Waals surface area (Å²) in [5.41, 5.74) is 1.64. The van der Waals surface area contributed by atoms with Gasteiger partial charge in [0, 0.05) is 10.7 Å². The molecule has 0 aliphatic heterocycles. The van der Waals surface area contributed by atoms with E-state index < -0.39 is 11.4 Å².